The Bertz CT molecular complexity index is 945. The molecule has 0 spiro atoms. The number of thioether (sulfide) groups is 1. The van der Waals surface area contributed by atoms with Crippen LogP contribution in [0.4, 0.5) is 4.79 Å². The number of aromatic nitrogens is 1. The minimum absolute atomic E-state index is 0.237. The van der Waals surface area contributed by atoms with Crippen molar-refractivity contribution in [1.82, 2.24) is 9.47 Å². The molecule has 2 aliphatic heterocycles. The van der Waals surface area contributed by atoms with Gasteiger partial charge in [-0.3, -0.25) is 14.5 Å². The topological polar surface area (TPSA) is 60.8 Å². The average Bonchev–Trinajstić information content (AvgIpc) is 3.22. The maximum absolute atomic E-state index is 12.1. The lowest BCUT2D eigenvalue weighted by Crippen LogP contribution is -2.22. The molecule has 1 aromatic carbocycles. The standard InChI is InChI=1S/C18H16N2O4S/c1-10-6-12(7-16-17(21)19(3)18(22)25-16)11(2)20(10)13-4-5-14-15(8-13)24-9-23-14/h4-8H,9H2,1-3H3. The molecule has 0 atom stereocenters. The van der Waals surface area contributed by atoms with Gasteiger partial charge in [-0.2, -0.15) is 0 Å². The number of carbonyl (C=O) groups excluding carboxylic acids is 2. The summed E-state index contributed by atoms with van der Waals surface area (Å²) in [5.41, 5.74) is 3.88. The number of benzene rings is 1. The van der Waals surface area contributed by atoms with Crippen LogP contribution < -0.4 is 9.47 Å². The van der Waals surface area contributed by atoms with Gasteiger partial charge in [-0.25, -0.2) is 0 Å². The summed E-state index contributed by atoms with van der Waals surface area (Å²) in [6, 6.07) is 7.80. The van der Waals surface area contributed by atoms with Gasteiger partial charge in [-0.05, 0) is 55.4 Å². The van der Waals surface area contributed by atoms with Crippen molar-refractivity contribution < 1.29 is 19.1 Å². The maximum Gasteiger partial charge on any atom is 0.293 e. The van der Waals surface area contributed by atoms with E-state index in [2.05, 4.69) is 4.57 Å². The summed E-state index contributed by atoms with van der Waals surface area (Å²) in [7, 11) is 1.49. The third-order valence-corrected chi connectivity index (χ3v) is 5.32. The molecule has 1 aromatic heterocycles. The number of amides is 2. The van der Waals surface area contributed by atoms with Gasteiger partial charge in [0.05, 0.1) is 4.91 Å². The van der Waals surface area contributed by atoms with Crippen LogP contribution >= 0.6 is 11.8 Å². The Morgan fingerprint density at radius 2 is 1.88 bits per heavy atom. The van der Waals surface area contributed by atoms with Crippen molar-refractivity contribution in [3.05, 3.63) is 46.1 Å². The highest BCUT2D eigenvalue weighted by atomic mass is 32.2. The fourth-order valence-electron chi connectivity index (χ4n) is 3.04. The predicted molar refractivity (Wildman–Crippen MR) is 95.1 cm³/mol. The van der Waals surface area contributed by atoms with E-state index >= 15 is 0 Å². The first-order chi connectivity index (χ1) is 12.0. The predicted octanol–water partition coefficient (Wildman–Crippen LogP) is 3.49. The third-order valence-electron chi connectivity index (χ3n) is 4.36. The Kier molecular flexibility index (Phi) is 3.61. The van der Waals surface area contributed by atoms with Crippen molar-refractivity contribution in [2.75, 3.05) is 13.8 Å². The number of ether oxygens (including phenoxy) is 2. The number of carbonyl (C=O) groups is 2. The molecule has 7 heteroatoms. The SMILES string of the molecule is Cc1cc(C=C2SC(=O)N(C)C2=O)c(C)n1-c1ccc2c(c1)OCO2. The van der Waals surface area contributed by atoms with Gasteiger partial charge in [0.2, 0.25) is 6.79 Å². The molecule has 128 valence electrons. The first-order valence-electron chi connectivity index (χ1n) is 7.76. The molecule has 2 amide bonds. The van der Waals surface area contributed by atoms with Crippen LogP contribution in [-0.4, -0.2) is 34.5 Å². The van der Waals surface area contributed by atoms with E-state index in [0.29, 0.717) is 4.91 Å². The van der Waals surface area contributed by atoms with Gasteiger partial charge < -0.3 is 14.0 Å². The van der Waals surface area contributed by atoms with E-state index < -0.39 is 0 Å². The molecular formula is C18H16N2O4S. The second-order valence-electron chi connectivity index (χ2n) is 5.94. The summed E-state index contributed by atoms with van der Waals surface area (Å²) in [4.78, 5) is 25.3. The molecule has 0 radical (unpaired) electrons. The van der Waals surface area contributed by atoms with Gasteiger partial charge in [-0.15, -0.1) is 0 Å². The van der Waals surface area contributed by atoms with E-state index in [4.69, 9.17) is 9.47 Å². The Morgan fingerprint density at radius 3 is 2.60 bits per heavy atom. The third kappa shape index (κ3) is 2.51. The summed E-state index contributed by atoms with van der Waals surface area (Å²) in [5.74, 6) is 1.20. The number of nitrogens with zero attached hydrogens (tertiary/aromatic N) is 2. The van der Waals surface area contributed by atoms with Crippen LogP contribution in [0.1, 0.15) is 17.0 Å². The van der Waals surface area contributed by atoms with Crippen LogP contribution in [-0.2, 0) is 4.79 Å². The molecule has 4 rings (SSSR count). The summed E-state index contributed by atoms with van der Waals surface area (Å²) < 4.78 is 12.9. The zero-order valence-corrected chi connectivity index (χ0v) is 14.8. The second-order valence-corrected chi connectivity index (χ2v) is 6.93. The van der Waals surface area contributed by atoms with Crippen molar-refractivity contribution in [2.24, 2.45) is 0 Å². The molecule has 1 fully saturated rings. The number of rotatable bonds is 2. The lowest BCUT2D eigenvalue weighted by molar-refractivity contribution is -0.121. The van der Waals surface area contributed by atoms with Crippen LogP contribution in [0.2, 0.25) is 0 Å². The largest absolute Gasteiger partial charge is 0.454 e. The van der Waals surface area contributed by atoms with Gasteiger partial charge in [0, 0.05) is 30.2 Å². The lowest BCUT2D eigenvalue weighted by atomic mass is 10.2. The van der Waals surface area contributed by atoms with Gasteiger partial charge in [-0.1, -0.05) is 0 Å². The van der Waals surface area contributed by atoms with Gasteiger partial charge >= 0.3 is 0 Å². The Labute approximate surface area is 149 Å². The minimum atomic E-state index is -0.261. The molecule has 6 nitrogen and oxygen atoms in total. The number of hydrogen-bond acceptors (Lipinski definition) is 5. The summed E-state index contributed by atoms with van der Waals surface area (Å²) in [6.45, 7) is 4.22. The minimum Gasteiger partial charge on any atom is -0.454 e. The van der Waals surface area contributed by atoms with Crippen LogP contribution in [0.15, 0.2) is 29.2 Å². The summed E-state index contributed by atoms with van der Waals surface area (Å²) in [5, 5.41) is -0.249. The zero-order valence-electron chi connectivity index (χ0n) is 14.0. The lowest BCUT2D eigenvalue weighted by Gasteiger charge is -2.10. The molecular weight excluding hydrogens is 340 g/mol. The number of imide groups is 1. The Balaban J connectivity index is 1.75. The first-order valence-corrected chi connectivity index (χ1v) is 8.58. The van der Waals surface area contributed by atoms with Crippen molar-refractivity contribution >= 4 is 29.0 Å². The molecule has 1 saturated heterocycles. The molecule has 0 bridgehead atoms. The van der Waals surface area contributed by atoms with E-state index in [0.717, 1.165) is 50.8 Å². The van der Waals surface area contributed by atoms with Crippen LogP contribution in [0.5, 0.6) is 11.5 Å². The average molecular weight is 356 g/mol. The van der Waals surface area contributed by atoms with Crippen molar-refractivity contribution in [3.63, 3.8) is 0 Å². The molecule has 0 aliphatic carbocycles. The fraction of sp³-hybridized carbons (Fsp3) is 0.222. The molecule has 0 saturated carbocycles. The van der Waals surface area contributed by atoms with E-state index in [1.807, 2.05) is 38.1 Å². The number of likely N-dealkylation sites (N-methyl/N-ethyl adjacent to an activating group) is 1. The molecule has 0 N–H and O–H groups in total. The van der Waals surface area contributed by atoms with Crippen molar-refractivity contribution in [3.8, 4) is 17.2 Å². The number of hydrogen-bond donors (Lipinski definition) is 0. The van der Waals surface area contributed by atoms with Crippen LogP contribution in [0.3, 0.4) is 0 Å². The monoisotopic (exact) mass is 356 g/mol. The molecule has 2 aliphatic rings. The highest BCUT2D eigenvalue weighted by molar-refractivity contribution is 8.18. The summed E-state index contributed by atoms with van der Waals surface area (Å²) >= 11 is 0.965. The second kappa shape index (κ2) is 5.70. The van der Waals surface area contributed by atoms with E-state index in [1.54, 1.807) is 6.08 Å². The van der Waals surface area contributed by atoms with Gasteiger partial charge in [0.15, 0.2) is 11.5 Å². The maximum atomic E-state index is 12.1. The van der Waals surface area contributed by atoms with Crippen LogP contribution in [0, 0.1) is 13.8 Å². The number of aryl methyl sites for hydroxylation is 1. The summed E-state index contributed by atoms with van der Waals surface area (Å²) in [6.07, 6.45) is 1.78. The normalized spacial score (nSPS) is 17.9. The number of fused-ring (bicyclic) bond motifs is 1. The smallest absolute Gasteiger partial charge is 0.293 e. The quantitative estimate of drug-likeness (QED) is 0.771. The van der Waals surface area contributed by atoms with Crippen LogP contribution in [0.25, 0.3) is 11.8 Å². The van der Waals surface area contributed by atoms with E-state index in [-0.39, 0.29) is 17.9 Å². The zero-order chi connectivity index (χ0) is 17.7. The first kappa shape index (κ1) is 15.8. The molecule has 25 heavy (non-hydrogen) atoms. The van der Waals surface area contributed by atoms with Gasteiger partial charge in [0.1, 0.15) is 0 Å². The van der Waals surface area contributed by atoms with Gasteiger partial charge in [0.25, 0.3) is 11.1 Å². The fourth-order valence-corrected chi connectivity index (χ4v) is 3.86. The highest BCUT2D eigenvalue weighted by Crippen LogP contribution is 2.36. The molecule has 2 aromatic rings. The molecule has 3 heterocycles. The highest BCUT2D eigenvalue weighted by Gasteiger charge is 2.32. The van der Waals surface area contributed by atoms with E-state index in [9.17, 15) is 9.59 Å². The van der Waals surface area contributed by atoms with E-state index in [1.165, 1.54) is 7.05 Å². The Hall–Kier alpha value is -2.67. The van der Waals surface area contributed by atoms with Crippen molar-refractivity contribution in [1.29, 1.82) is 0 Å². The Morgan fingerprint density at radius 1 is 1.12 bits per heavy atom. The molecule has 0 unspecified atom stereocenters. The van der Waals surface area contributed by atoms with Crippen molar-refractivity contribution in [2.45, 2.75) is 13.8 Å².